The van der Waals surface area contributed by atoms with Crippen LogP contribution in [-0.2, 0) is 4.74 Å². The Hall–Kier alpha value is -2.45. The van der Waals surface area contributed by atoms with Gasteiger partial charge in [0.15, 0.2) is 23.9 Å². The summed E-state index contributed by atoms with van der Waals surface area (Å²) in [6.07, 6.45) is -1.90. The summed E-state index contributed by atoms with van der Waals surface area (Å²) in [5, 5.41) is 3.55. The normalized spacial score (nSPS) is 30.0. The van der Waals surface area contributed by atoms with Crippen molar-refractivity contribution in [2.75, 3.05) is 0 Å². The van der Waals surface area contributed by atoms with E-state index in [-0.39, 0.29) is 12.0 Å². The van der Waals surface area contributed by atoms with Gasteiger partial charge in [-0.25, -0.2) is 9.18 Å². The predicted octanol–water partition coefficient (Wildman–Crippen LogP) is 1.66. The number of carbonyl (C=O) groups is 1. The molecule has 23 heavy (non-hydrogen) atoms. The van der Waals surface area contributed by atoms with Gasteiger partial charge in [-0.05, 0) is 18.9 Å². The molecule has 2 rings (SSSR count). The molecule has 0 aromatic carbocycles. The number of nitrogens with zero attached hydrogens (tertiary/aromatic N) is 4. The second-order valence-electron chi connectivity index (χ2n) is 5.39. The molecule has 1 saturated heterocycles. The lowest BCUT2D eigenvalue weighted by Gasteiger charge is -2.25. The molecule has 0 amide bonds. The molecule has 1 aliphatic heterocycles. The number of nitrogens with one attached hydrogen (secondary N) is 1. The Labute approximate surface area is 129 Å². The van der Waals surface area contributed by atoms with Gasteiger partial charge in [0.1, 0.15) is 0 Å². The molecule has 10 heteroatoms. The number of carbonyl (C=O) groups excluding carboxylic acids is 1. The molecule has 1 fully saturated rings. The standard InChI is InChI=1S/C13H16FN5O4/c1-4-13(17-18-15)6(2)9(14)11(23-13)19-5-8(7(3)20)10(21)16-12(19)22/h5-6,9,11H,4H2,1-3H3,(H,16,21,22)/t6-,9-,11+,13+/m0/s1. The molecule has 1 aliphatic rings. The molecule has 2 heterocycles. The Bertz CT molecular complexity index is 796. The van der Waals surface area contributed by atoms with Gasteiger partial charge in [-0.1, -0.05) is 19.0 Å². The first-order chi connectivity index (χ1) is 10.8. The monoisotopic (exact) mass is 325 g/mol. The van der Waals surface area contributed by atoms with E-state index in [1.807, 2.05) is 4.98 Å². The zero-order valence-corrected chi connectivity index (χ0v) is 12.8. The van der Waals surface area contributed by atoms with E-state index in [2.05, 4.69) is 10.0 Å². The van der Waals surface area contributed by atoms with Gasteiger partial charge in [0.25, 0.3) is 5.56 Å². The number of Topliss-reactive ketones (excluding diaryl/α,β-unsaturated/α-hetero) is 1. The SMILES string of the molecule is CC[C@@]1(N=[N+]=[N-])O[C@@H](n2cc(C(C)=O)c(=O)[nH]c2=O)[C@@H](F)[C@@H]1C. The molecule has 0 saturated carbocycles. The fourth-order valence-electron chi connectivity index (χ4n) is 2.68. The summed E-state index contributed by atoms with van der Waals surface area (Å²) in [5.74, 6) is -1.38. The van der Waals surface area contributed by atoms with E-state index in [0.717, 1.165) is 17.7 Å². The summed E-state index contributed by atoms with van der Waals surface area (Å²) in [6.45, 7) is 4.32. The molecule has 1 aromatic heterocycles. The third kappa shape index (κ3) is 2.66. The average Bonchev–Trinajstić information content (AvgIpc) is 2.73. The zero-order valence-electron chi connectivity index (χ0n) is 12.8. The molecular formula is C13H16FN5O4. The van der Waals surface area contributed by atoms with Crippen LogP contribution in [-0.4, -0.2) is 27.2 Å². The van der Waals surface area contributed by atoms with Crippen molar-refractivity contribution >= 4 is 5.78 Å². The highest BCUT2D eigenvalue weighted by atomic mass is 19.1. The minimum Gasteiger partial charge on any atom is -0.342 e. The Morgan fingerprint density at radius 1 is 1.61 bits per heavy atom. The highest BCUT2D eigenvalue weighted by Gasteiger charge is 2.53. The number of halogens is 1. The molecule has 124 valence electrons. The topological polar surface area (TPSA) is 130 Å². The minimum atomic E-state index is -1.66. The number of aromatic amines is 1. The van der Waals surface area contributed by atoms with Gasteiger partial charge in [0.2, 0.25) is 0 Å². The van der Waals surface area contributed by atoms with Crippen molar-refractivity contribution in [1.82, 2.24) is 9.55 Å². The highest BCUT2D eigenvalue weighted by Crippen LogP contribution is 2.45. The summed E-state index contributed by atoms with van der Waals surface area (Å²) in [5.41, 5.74) is 5.20. The van der Waals surface area contributed by atoms with Gasteiger partial charge in [-0.2, -0.15) is 0 Å². The number of hydrogen-bond acceptors (Lipinski definition) is 5. The van der Waals surface area contributed by atoms with E-state index in [1.165, 1.54) is 6.92 Å². The maximum Gasteiger partial charge on any atom is 0.330 e. The van der Waals surface area contributed by atoms with Crippen LogP contribution in [0, 0.1) is 5.92 Å². The second-order valence-corrected chi connectivity index (χ2v) is 5.39. The lowest BCUT2D eigenvalue weighted by molar-refractivity contribution is -0.0878. The van der Waals surface area contributed by atoms with E-state index >= 15 is 0 Å². The first-order valence-corrected chi connectivity index (χ1v) is 7.02. The van der Waals surface area contributed by atoms with Gasteiger partial charge in [-0.15, -0.1) is 0 Å². The summed E-state index contributed by atoms with van der Waals surface area (Å²) in [6, 6.07) is 0. The number of alkyl halides is 1. The maximum absolute atomic E-state index is 14.6. The van der Waals surface area contributed by atoms with Crippen LogP contribution in [0.5, 0.6) is 0 Å². The van der Waals surface area contributed by atoms with E-state index in [9.17, 15) is 18.8 Å². The van der Waals surface area contributed by atoms with Gasteiger partial charge in [0.05, 0.1) is 5.56 Å². The Morgan fingerprint density at radius 3 is 2.78 bits per heavy atom. The molecule has 4 atom stereocenters. The molecular weight excluding hydrogens is 309 g/mol. The lowest BCUT2D eigenvalue weighted by Crippen LogP contribution is -2.37. The molecule has 0 radical (unpaired) electrons. The van der Waals surface area contributed by atoms with E-state index in [0.29, 0.717) is 0 Å². The number of aromatic nitrogens is 2. The quantitative estimate of drug-likeness (QED) is 0.390. The molecule has 0 spiro atoms. The predicted molar refractivity (Wildman–Crippen MR) is 77.7 cm³/mol. The number of H-pyrrole nitrogens is 1. The van der Waals surface area contributed by atoms with Gasteiger partial charge in [0, 0.05) is 17.0 Å². The van der Waals surface area contributed by atoms with Crippen molar-refractivity contribution in [3.05, 3.63) is 43.0 Å². The minimum absolute atomic E-state index is 0.201. The van der Waals surface area contributed by atoms with Crippen molar-refractivity contribution in [2.45, 2.75) is 45.3 Å². The maximum atomic E-state index is 14.6. The number of ether oxygens (including phenoxy) is 1. The van der Waals surface area contributed by atoms with Crippen LogP contribution < -0.4 is 11.2 Å². The van der Waals surface area contributed by atoms with Crippen molar-refractivity contribution in [1.29, 1.82) is 0 Å². The first-order valence-electron chi connectivity index (χ1n) is 7.02. The fourth-order valence-corrected chi connectivity index (χ4v) is 2.68. The van der Waals surface area contributed by atoms with Gasteiger partial charge in [-0.3, -0.25) is 19.1 Å². The molecule has 0 aliphatic carbocycles. The Morgan fingerprint density at radius 2 is 2.26 bits per heavy atom. The molecule has 9 nitrogen and oxygen atoms in total. The Balaban J connectivity index is 2.57. The van der Waals surface area contributed by atoms with Crippen LogP contribution in [0.1, 0.15) is 43.8 Å². The molecule has 1 N–H and O–H groups in total. The number of azide groups is 1. The van der Waals surface area contributed by atoms with Crippen LogP contribution in [0.3, 0.4) is 0 Å². The summed E-state index contributed by atoms with van der Waals surface area (Å²) in [4.78, 5) is 39.6. The summed E-state index contributed by atoms with van der Waals surface area (Å²) in [7, 11) is 0. The van der Waals surface area contributed by atoms with Crippen LogP contribution in [0.15, 0.2) is 20.9 Å². The number of ketones is 1. The van der Waals surface area contributed by atoms with E-state index in [1.54, 1.807) is 6.92 Å². The van der Waals surface area contributed by atoms with Crippen LogP contribution in [0.25, 0.3) is 10.4 Å². The zero-order chi connectivity index (χ0) is 17.4. The molecule has 1 aromatic rings. The summed E-state index contributed by atoms with van der Waals surface area (Å²) >= 11 is 0. The second kappa shape index (κ2) is 5.98. The van der Waals surface area contributed by atoms with Crippen LogP contribution in [0.2, 0.25) is 0 Å². The lowest BCUT2D eigenvalue weighted by atomic mass is 9.94. The third-order valence-electron chi connectivity index (χ3n) is 4.13. The van der Waals surface area contributed by atoms with Crippen molar-refractivity contribution in [2.24, 2.45) is 11.0 Å². The molecule has 0 bridgehead atoms. The summed E-state index contributed by atoms with van der Waals surface area (Å²) < 4.78 is 21.0. The first kappa shape index (κ1) is 16.9. The van der Waals surface area contributed by atoms with Crippen molar-refractivity contribution in [3.8, 4) is 0 Å². The fraction of sp³-hybridized carbons (Fsp3) is 0.615. The average molecular weight is 325 g/mol. The number of rotatable bonds is 4. The highest BCUT2D eigenvalue weighted by molar-refractivity contribution is 5.93. The smallest absolute Gasteiger partial charge is 0.330 e. The van der Waals surface area contributed by atoms with Crippen LogP contribution in [0.4, 0.5) is 4.39 Å². The van der Waals surface area contributed by atoms with Crippen molar-refractivity contribution in [3.63, 3.8) is 0 Å². The third-order valence-corrected chi connectivity index (χ3v) is 4.13. The van der Waals surface area contributed by atoms with E-state index < -0.39 is 41.1 Å². The molecule has 0 unspecified atom stereocenters. The van der Waals surface area contributed by atoms with Crippen LogP contribution >= 0.6 is 0 Å². The number of hydrogen-bond donors (Lipinski definition) is 1. The van der Waals surface area contributed by atoms with Gasteiger partial charge < -0.3 is 4.74 Å². The van der Waals surface area contributed by atoms with Crippen molar-refractivity contribution < 1.29 is 13.9 Å². The largest absolute Gasteiger partial charge is 0.342 e. The van der Waals surface area contributed by atoms with Gasteiger partial charge >= 0.3 is 5.69 Å². The Kier molecular flexibility index (Phi) is 4.39. The van der Waals surface area contributed by atoms with E-state index in [4.69, 9.17) is 10.3 Å².